The predicted octanol–water partition coefficient (Wildman–Crippen LogP) is 4.07. The topological polar surface area (TPSA) is 35.0 Å². The molecule has 0 spiro atoms. The lowest BCUT2D eigenvalue weighted by Gasteiger charge is -2.16. The molecule has 1 aliphatic carbocycles. The van der Waals surface area contributed by atoms with E-state index in [9.17, 15) is 0 Å². The highest BCUT2D eigenvalue weighted by Crippen LogP contribution is 2.28. The summed E-state index contributed by atoms with van der Waals surface area (Å²) in [6.45, 7) is 2.64. The van der Waals surface area contributed by atoms with Crippen LogP contribution in [0.4, 0.5) is 0 Å². The first-order valence-electron chi connectivity index (χ1n) is 7.06. The molecule has 1 heterocycles. The van der Waals surface area contributed by atoms with Gasteiger partial charge < -0.3 is 4.74 Å². The fraction of sp³-hybridized carbons (Fsp3) is 0.375. The molecule has 3 rings (SSSR count). The van der Waals surface area contributed by atoms with Crippen molar-refractivity contribution in [1.82, 2.24) is 9.97 Å². The molecule has 0 aliphatic heterocycles. The van der Waals surface area contributed by atoms with Gasteiger partial charge in [0.1, 0.15) is 10.9 Å². The average molecular weight is 289 g/mol. The molecule has 0 N–H and O–H groups in total. The number of hydrogen-bond donors (Lipinski definition) is 0. The van der Waals surface area contributed by atoms with Crippen molar-refractivity contribution in [2.75, 3.05) is 6.61 Å². The fourth-order valence-corrected chi connectivity index (χ4v) is 2.83. The van der Waals surface area contributed by atoms with Gasteiger partial charge in [-0.1, -0.05) is 11.6 Å². The quantitative estimate of drug-likeness (QED) is 0.799. The van der Waals surface area contributed by atoms with Gasteiger partial charge in [-0.15, -0.1) is 0 Å². The second-order valence-electron chi connectivity index (χ2n) is 4.93. The Hall–Kier alpha value is -1.61. The SMILES string of the molecule is CCOc1ccc(-c2nc(Cl)c3c(n2)CCCC3)cc1. The summed E-state index contributed by atoms with van der Waals surface area (Å²) in [5.41, 5.74) is 3.22. The van der Waals surface area contributed by atoms with Crippen molar-refractivity contribution in [2.24, 2.45) is 0 Å². The van der Waals surface area contributed by atoms with Crippen molar-refractivity contribution in [3.63, 3.8) is 0 Å². The van der Waals surface area contributed by atoms with E-state index in [-0.39, 0.29) is 0 Å². The van der Waals surface area contributed by atoms with E-state index < -0.39 is 0 Å². The van der Waals surface area contributed by atoms with Crippen LogP contribution in [-0.2, 0) is 12.8 Å². The molecule has 1 aliphatic rings. The van der Waals surface area contributed by atoms with E-state index in [1.165, 1.54) is 12.8 Å². The molecule has 0 bridgehead atoms. The van der Waals surface area contributed by atoms with Gasteiger partial charge in [0.15, 0.2) is 5.82 Å². The van der Waals surface area contributed by atoms with Gasteiger partial charge in [0.05, 0.1) is 6.61 Å². The summed E-state index contributed by atoms with van der Waals surface area (Å²) >= 11 is 6.30. The van der Waals surface area contributed by atoms with Crippen LogP contribution in [0.1, 0.15) is 31.0 Å². The Morgan fingerprint density at radius 1 is 1.10 bits per heavy atom. The Labute approximate surface area is 124 Å². The molecule has 0 amide bonds. The van der Waals surface area contributed by atoms with Crippen LogP contribution in [0, 0.1) is 0 Å². The van der Waals surface area contributed by atoms with Crippen molar-refractivity contribution in [3.8, 4) is 17.1 Å². The normalized spacial score (nSPS) is 13.9. The molecule has 104 valence electrons. The van der Waals surface area contributed by atoms with Crippen LogP contribution >= 0.6 is 11.6 Å². The second kappa shape index (κ2) is 5.80. The summed E-state index contributed by atoms with van der Waals surface area (Å²) in [6, 6.07) is 7.84. The van der Waals surface area contributed by atoms with Gasteiger partial charge in [-0.25, -0.2) is 9.97 Å². The van der Waals surface area contributed by atoms with Crippen LogP contribution in [0.15, 0.2) is 24.3 Å². The van der Waals surface area contributed by atoms with Crippen LogP contribution in [0.5, 0.6) is 5.75 Å². The standard InChI is InChI=1S/C16H17ClN2O/c1-2-20-12-9-7-11(8-10-12)16-18-14-6-4-3-5-13(14)15(17)19-16/h7-10H,2-6H2,1H3. The second-order valence-corrected chi connectivity index (χ2v) is 5.29. The number of benzene rings is 1. The highest BCUT2D eigenvalue weighted by atomic mass is 35.5. The van der Waals surface area contributed by atoms with Crippen molar-refractivity contribution in [1.29, 1.82) is 0 Å². The maximum Gasteiger partial charge on any atom is 0.161 e. The lowest BCUT2D eigenvalue weighted by molar-refractivity contribution is 0.340. The molecule has 0 atom stereocenters. The average Bonchev–Trinajstić information content (AvgIpc) is 2.48. The summed E-state index contributed by atoms with van der Waals surface area (Å²) in [5, 5.41) is 0.610. The van der Waals surface area contributed by atoms with Gasteiger partial charge in [0, 0.05) is 16.8 Å². The largest absolute Gasteiger partial charge is 0.494 e. The highest BCUT2D eigenvalue weighted by Gasteiger charge is 2.17. The highest BCUT2D eigenvalue weighted by molar-refractivity contribution is 6.30. The van der Waals surface area contributed by atoms with Crippen LogP contribution in [0.2, 0.25) is 5.15 Å². The Bertz CT molecular complexity index is 611. The minimum Gasteiger partial charge on any atom is -0.494 e. The van der Waals surface area contributed by atoms with Crippen LogP contribution in [-0.4, -0.2) is 16.6 Å². The van der Waals surface area contributed by atoms with Gasteiger partial charge >= 0.3 is 0 Å². The summed E-state index contributed by atoms with van der Waals surface area (Å²) in [7, 11) is 0. The number of aryl methyl sites for hydroxylation is 1. The van der Waals surface area contributed by atoms with E-state index in [4.69, 9.17) is 16.3 Å². The first-order valence-corrected chi connectivity index (χ1v) is 7.44. The minimum absolute atomic E-state index is 0.610. The number of halogens is 1. The monoisotopic (exact) mass is 288 g/mol. The Balaban J connectivity index is 1.95. The predicted molar refractivity (Wildman–Crippen MR) is 80.3 cm³/mol. The third kappa shape index (κ3) is 2.63. The first-order chi connectivity index (χ1) is 9.78. The Kier molecular flexibility index (Phi) is 3.88. The van der Waals surface area contributed by atoms with Gasteiger partial charge in [-0.05, 0) is 56.9 Å². The molecule has 0 fully saturated rings. The number of hydrogen-bond acceptors (Lipinski definition) is 3. The number of fused-ring (bicyclic) bond motifs is 1. The maximum absolute atomic E-state index is 6.30. The number of nitrogens with zero attached hydrogens (tertiary/aromatic N) is 2. The van der Waals surface area contributed by atoms with Crippen molar-refractivity contribution in [3.05, 3.63) is 40.7 Å². The molecule has 1 aromatic heterocycles. The molecule has 0 saturated heterocycles. The van der Waals surface area contributed by atoms with E-state index in [0.29, 0.717) is 17.6 Å². The molecular weight excluding hydrogens is 272 g/mol. The summed E-state index contributed by atoms with van der Waals surface area (Å²) in [5.74, 6) is 1.57. The number of ether oxygens (including phenoxy) is 1. The van der Waals surface area contributed by atoms with E-state index in [0.717, 1.165) is 35.4 Å². The molecule has 0 saturated carbocycles. The van der Waals surface area contributed by atoms with Crippen molar-refractivity contribution < 1.29 is 4.74 Å². The smallest absolute Gasteiger partial charge is 0.161 e. The van der Waals surface area contributed by atoms with Gasteiger partial charge in [-0.2, -0.15) is 0 Å². The minimum atomic E-state index is 0.610. The molecular formula is C16H17ClN2O. The van der Waals surface area contributed by atoms with Crippen LogP contribution in [0.3, 0.4) is 0 Å². The Morgan fingerprint density at radius 2 is 1.85 bits per heavy atom. The zero-order valence-corrected chi connectivity index (χ0v) is 12.3. The fourth-order valence-electron chi connectivity index (χ4n) is 2.54. The molecule has 2 aromatic rings. The van der Waals surface area contributed by atoms with Crippen LogP contribution in [0.25, 0.3) is 11.4 Å². The molecule has 0 radical (unpaired) electrons. The molecule has 1 aromatic carbocycles. The molecule has 3 nitrogen and oxygen atoms in total. The molecule has 4 heteroatoms. The van der Waals surface area contributed by atoms with E-state index in [1.807, 2.05) is 31.2 Å². The molecule has 20 heavy (non-hydrogen) atoms. The lowest BCUT2D eigenvalue weighted by atomic mass is 9.97. The third-order valence-corrected chi connectivity index (χ3v) is 3.87. The number of aromatic nitrogens is 2. The van der Waals surface area contributed by atoms with Crippen LogP contribution < -0.4 is 4.74 Å². The summed E-state index contributed by atoms with van der Waals surface area (Å²) in [6.07, 6.45) is 4.36. The summed E-state index contributed by atoms with van der Waals surface area (Å²) in [4.78, 5) is 9.13. The van der Waals surface area contributed by atoms with Crippen molar-refractivity contribution >= 4 is 11.6 Å². The third-order valence-electron chi connectivity index (χ3n) is 3.56. The van der Waals surface area contributed by atoms with Gasteiger partial charge in [0.25, 0.3) is 0 Å². The zero-order valence-electron chi connectivity index (χ0n) is 11.5. The van der Waals surface area contributed by atoms with E-state index in [2.05, 4.69) is 9.97 Å². The van der Waals surface area contributed by atoms with Gasteiger partial charge in [-0.3, -0.25) is 0 Å². The van der Waals surface area contributed by atoms with E-state index in [1.54, 1.807) is 0 Å². The van der Waals surface area contributed by atoms with E-state index >= 15 is 0 Å². The lowest BCUT2D eigenvalue weighted by Crippen LogP contribution is -2.08. The van der Waals surface area contributed by atoms with Crippen molar-refractivity contribution in [2.45, 2.75) is 32.6 Å². The molecule has 0 unspecified atom stereocenters. The summed E-state index contributed by atoms with van der Waals surface area (Å²) < 4.78 is 5.44. The first kappa shape index (κ1) is 13.4. The number of rotatable bonds is 3. The Morgan fingerprint density at radius 3 is 2.60 bits per heavy atom. The van der Waals surface area contributed by atoms with Gasteiger partial charge in [0.2, 0.25) is 0 Å². The zero-order chi connectivity index (χ0) is 13.9. The maximum atomic E-state index is 6.30.